The van der Waals surface area contributed by atoms with Crippen LogP contribution in [0.15, 0.2) is 24.3 Å². The van der Waals surface area contributed by atoms with Crippen molar-refractivity contribution in [1.29, 1.82) is 0 Å². The van der Waals surface area contributed by atoms with Crippen molar-refractivity contribution in [3.63, 3.8) is 0 Å². The summed E-state index contributed by atoms with van der Waals surface area (Å²) in [4.78, 5) is 0. The molecule has 0 heterocycles. The Hall–Kier alpha value is -0.970. The van der Waals surface area contributed by atoms with Gasteiger partial charge in [-0.05, 0) is 30.0 Å². The van der Waals surface area contributed by atoms with Crippen LogP contribution in [0.25, 0.3) is 0 Å². The summed E-state index contributed by atoms with van der Waals surface area (Å²) in [6, 6.07) is 6.26. The summed E-state index contributed by atoms with van der Waals surface area (Å²) < 4.78 is 18.9. The van der Waals surface area contributed by atoms with Crippen LogP contribution in [0.1, 0.15) is 25.8 Å². The Balaban J connectivity index is 2.73. The maximum atomic E-state index is 13.3. The Morgan fingerprint density at radius 2 is 2.16 bits per heavy atom. The van der Waals surface area contributed by atoms with Crippen molar-refractivity contribution in [3.8, 4) is 0 Å². The van der Waals surface area contributed by atoms with Gasteiger partial charge in [0.15, 0.2) is 0 Å². The monoisotopic (exact) mass is 269 g/mol. The topological polar surface area (TPSA) is 55.5 Å². The lowest BCUT2D eigenvalue weighted by Crippen LogP contribution is -2.40. The van der Waals surface area contributed by atoms with E-state index in [1.807, 2.05) is 0 Å². The number of nitrogens with two attached hydrogens (primary N) is 1. The molecule has 1 unspecified atom stereocenters. The minimum atomic E-state index is -0.626. The summed E-state index contributed by atoms with van der Waals surface area (Å²) in [6.07, 6.45) is 0.580. The van der Waals surface area contributed by atoms with Gasteiger partial charge < -0.3 is 15.6 Å². The molecule has 1 aromatic carbocycles. The first-order valence-corrected chi connectivity index (χ1v) is 6.69. The fourth-order valence-electron chi connectivity index (χ4n) is 2.00. The summed E-state index contributed by atoms with van der Waals surface area (Å²) in [5.41, 5.74) is 5.91. The second kappa shape index (κ2) is 7.58. The summed E-state index contributed by atoms with van der Waals surface area (Å²) in [7, 11) is 0. The quantitative estimate of drug-likeness (QED) is 0.710. The molecule has 0 amide bonds. The molecule has 0 aromatic heterocycles. The predicted molar refractivity (Wildman–Crippen MR) is 74.5 cm³/mol. The van der Waals surface area contributed by atoms with Crippen LogP contribution in [0.3, 0.4) is 0 Å². The molecule has 4 heteroatoms. The zero-order valence-corrected chi connectivity index (χ0v) is 11.7. The molecule has 0 fully saturated rings. The van der Waals surface area contributed by atoms with E-state index in [0.717, 1.165) is 5.56 Å². The fraction of sp³-hybridized carbons (Fsp3) is 0.600. The van der Waals surface area contributed by atoms with Gasteiger partial charge in [0, 0.05) is 25.2 Å². The van der Waals surface area contributed by atoms with E-state index >= 15 is 0 Å². The number of hydrogen-bond donors (Lipinski definition) is 2. The predicted octanol–water partition coefficient (Wildman–Crippen LogP) is 2.08. The fourth-order valence-corrected chi connectivity index (χ4v) is 2.00. The van der Waals surface area contributed by atoms with Crippen LogP contribution in [0.5, 0.6) is 0 Å². The SMILES string of the molecule is CC(C)COCCC(CN)(CO)c1cccc(F)c1. The zero-order valence-electron chi connectivity index (χ0n) is 11.7. The second-order valence-corrected chi connectivity index (χ2v) is 5.37. The normalized spacial score (nSPS) is 14.6. The molecule has 3 nitrogen and oxygen atoms in total. The molecule has 1 atom stereocenters. The number of aliphatic hydroxyl groups excluding tert-OH is 1. The van der Waals surface area contributed by atoms with E-state index in [9.17, 15) is 9.50 Å². The highest BCUT2D eigenvalue weighted by Gasteiger charge is 2.30. The van der Waals surface area contributed by atoms with Crippen molar-refractivity contribution < 1.29 is 14.2 Å². The number of rotatable bonds is 8. The van der Waals surface area contributed by atoms with Crippen LogP contribution in [0.2, 0.25) is 0 Å². The summed E-state index contributed by atoms with van der Waals surface area (Å²) in [5.74, 6) is 0.155. The minimum Gasteiger partial charge on any atom is -0.395 e. The largest absolute Gasteiger partial charge is 0.395 e. The molecule has 0 aliphatic rings. The van der Waals surface area contributed by atoms with Crippen molar-refractivity contribution in [1.82, 2.24) is 0 Å². The molecule has 0 bridgehead atoms. The van der Waals surface area contributed by atoms with Crippen molar-refractivity contribution >= 4 is 0 Å². The Morgan fingerprint density at radius 1 is 1.42 bits per heavy atom. The Bertz CT molecular complexity index is 378. The van der Waals surface area contributed by atoms with Crippen molar-refractivity contribution in [3.05, 3.63) is 35.6 Å². The van der Waals surface area contributed by atoms with E-state index in [0.29, 0.717) is 25.6 Å². The van der Waals surface area contributed by atoms with Crippen LogP contribution in [-0.4, -0.2) is 31.5 Å². The average Bonchev–Trinajstić information content (AvgIpc) is 2.39. The molecule has 3 N–H and O–H groups in total. The van der Waals surface area contributed by atoms with E-state index in [4.69, 9.17) is 10.5 Å². The number of aliphatic hydroxyl groups is 1. The Labute approximate surface area is 114 Å². The molecule has 0 spiro atoms. The number of ether oxygens (including phenoxy) is 1. The van der Waals surface area contributed by atoms with Gasteiger partial charge in [-0.15, -0.1) is 0 Å². The standard InChI is InChI=1S/C15H24FNO2/c1-12(2)9-19-7-6-15(10-17,11-18)13-4-3-5-14(16)8-13/h3-5,8,12,18H,6-7,9-11,17H2,1-2H3. The molecule has 1 rings (SSSR count). The van der Waals surface area contributed by atoms with Crippen molar-refractivity contribution in [2.45, 2.75) is 25.7 Å². The van der Waals surface area contributed by atoms with E-state index in [1.54, 1.807) is 12.1 Å². The van der Waals surface area contributed by atoms with Crippen molar-refractivity contribution in [2.24, 2.45) is 11.7 Å². The molecule has 1 aromatic rings. The molecule has 108 valence electrons. The van der Waals surface area contributed by atoms with Crippen LogP contribution < -0.4 is 5.73 Å². The number of benzene rings is 1. The molecular weight excluding hydrogens is 245 g/mol. The molecule has 0 radical (unpaired) electrons. The minimum absolute atomic E-state index is 0.113. The lowest BCUT2D eigenvalue weighted by atomic mass is 9.78. The number of halogens is 1. The first-order chi connectivity index (χ1) is 9.04. The molecule has 0 aliphatic heterocycles. The summed E-state index contributed by atoms with van der Waals surface area (Å²) in [5, 5.41) is 9.67. The van der Waals surface area contributed by atoms with Crippen LogP contribution in [0, 0.1) is 11.7 Å². The lowest BCUT2D eigenvalue weighted by molar-refractivity contribution is 0.0789. The highest BCUT2D eigenvalue weighted by atomic mass is 19.1. The lowest BCUT2D eigenvalue weighted by Gasteiger charge is -2.31. The highest BCUT2D eigenvalue weighted by molar-refractivity contribution is 5.27. The molecule has 0 aliphatic carbocycles. The van der Waals surface area contributed by atoms with E-state index in [-0.39, 0.29) is 19.0 Å². The third-order valence-corrected chi connectivity index (χ3v) is 3.31. The third-order valence-electron chi connectivity index (χ3n) is 3.31. The van der Waals surface area contributed by atoms with Gasteiger partial charge in [0.1, 0.15) is 5.82 Å². The Kier molecular flexibility index (Phi) is 6.42. The summed E-state index contributed by atoms with van der Waals surface area (Å²) in [6.45, 7) is 5.49. The molecular formula is C15H24FNO2. The van der Waals surface area contributed by atoms with E-state index in [2.05, 4.69) is 13.8 Å². The van der Waals surface area contributed by atoms with Gasteiger partial charge in [-0.1, -0.05) is 26.0 Å². The molecule has 0 saturated carbocycles. The van der Waals surface area contributed by atoms with Gasteiger partial charge in [0.2, 0.25) is 0 Å². The maximum absolute atomic E-state index is 13.3. The van der Waals surface area contributed by atoms with Gasteiger partial charge in [0.05, 0.1) is 6.61 Å². The average molecular weight is 269 g/mol. The van der Waals surface area contributed by atoms with E-state index < -0.39 is 5.41 Å². The third kappa shape index (κ3) is 4.56. The van der Waals surface area contributed by atoms with Crippen LogP contribution >= 0.6 is 0 Å². The highest BCUT2D eigenvalue weighted by Crippen LogP contribution is 2.27. The van der Waals surface area contributed by atoms with Crippen molar-refractivity contribution in [2.75, 3.05) is 26.4 Å². The van der Waals surface area contributed by atoms with Crippen LogP contribution in [-0.2, 0) is 10.2 Å². The van der Waals surface area contributed by atoms with Gasteiger partial charge in [-0.2, -0.15) is 0 Å². The maximum Gasteiger partial charge on any atom is 0.123 e. The van der Waals surface area contributed by atoms with Gasteiger partial charge >= 0.3 is 0 Å². The number of hydrogen-bond acceptors (Lipinski definition) is 3. The second-order valence-electron chi connectivity index (χ2n) is 5.37. The van der Waals surface area contributed by atoms with Crippen LogP contribution in [0.4, 0.5) is 4.39 Å². The molecule has 0 saturated heterocycles. The Morgan fingerprint density at radius 3 is 2.68 bits per heavy atom. The first kappa shape index (κ1) is 16.1. The van der Waals surface area contributed by atoms with Gasteiger partial charge in [-0.3, -0.25) is 0 Å². The smallest absolute Gasteiger partial charge is 0.123 e. The van der Waals surface area contributed by atoms with E-state index in [1.165, 1.54) is 12.1 Å². The van der Waals surface area contributed by atoms with Gasteiger partial charge in [-0.25, -0.2) is 4.39 Å². The molecule has 19 heavy (non-hydrogen) atoms. The first-order valence-electron chi connectivity index (χ1n) is 6.69. The van der Waals surface area contributed by atoms with Gasteiger partial charge in [0.25, 0.3) is 0 Å². The zero-order chi connectivity index (χ0) is 14.3. The summed E-state index contributed by atoms with van der Waals surface area (Å²) >= 11 is 0.